The lowest BCUT2D eigenvalue weighted by atomic mass is 9.85. The topological polar surface area (TPSA) is 99.8 Å². The maximum Gasteiger partial charge on any atom is 0.408 e. The molecule has 2 amide bonds. The molecular formula is C39H65N5O4Si. The number of benzene rings is 1. The maximum atomic E-state index is 14.5. The van der Waals surface area contributed by atoms with E-state index < -0.39 is 31.5 Å². The second kappa shape index (κ2) is 15.7. The molecule has 4 rings (SSSR count). The average Bonchev–Trinajstić information content (AvgIpc) is 3.50. The number of unbranched alkanes of at least 4 members (excludes halogenated alkanes) is 1. The molecule has 2 aromatic rings. The van der Waals surface area contributed by atoms with Crippen molar-refractivity contribution < 1.29 is 18.8 Å². The number of hydrogen-bond acceptors (Lipinski definition) is 6. The highest BCUT2D eigenvalue weighted by Crippen LogP contribution is 2.41. The van der Waals surface area contributed by atoms with Crippen molar-refractivity contribution >= 4 is 20.3 Å². The number of rotatable bonds is 14. The summed E-state index contributed by atoms with van der Waals surface area (Å²) < 4.78 is 12.5. The molecular weight excluding hydrogens is 631 g/mol. The summed E-state index contributed by atoms with van der Waals surface area (Å²) in [5.41, 5.74) is 1.25. The Morgan fingerprint density at radius 2 is 1.71 bits per heavy atom. The van der Waals surface area contributed by atoms with Gasteiger partial charge < -0.3 is 24.4 Å². The van der Waals surface area contributed by atoms with Crippen LogP contribution in [0.4, 0.5) is 4.79 Å². The molecule has 1 aliphatic carbocycles. The van der Waals surface area contributed by atoms with Gasteiger partial charge >= 0.3 is 6.09 Å². The zero-order valence-electron chi connectivity index (χ0n) is 32.3. The molecule has 2 aliphatic rings. The number of aromatic nitrogens is 2. The SMILES string of the molecule is CC(C)(C)OC(=O)N[C@H](C(=O)N1C[C@H](O[Si](C)(C)C(C)(C)C)C[C@H]1c1ncc(CN(CCCCc2ccccc2)CC2CC2)[nH]1)C(C)(C)C. The number of amides is 2. The number of ether oxygens (including phenoxy) is 1. The molecule has 9 nitrogen and oxygen atoms in total. The van der Waals surface area contributed by atoms with E-state index in [1.54, 1.807) is 0 Å². The molecule has 2 heterocycles. The molecule has 1 saturated heterocycles. The number of carbonyl (C=O) groups excluding carboxylic acids is 2. The Morgan fingerprint density at radius 1 is 1.04 bits per heavy atom. The average molecular weight is 696 g/mol. The summed E-state index contributed by atoms with van der Waals surface area (Å²) in [5, 5.41) is 2.96. The summed E-state index contributed by atoms with van der Waals surface area (Å²) in [6.45, 7) is 26.0. The van der Waals surface area contributed by atoms with Gasteiger partial charge in [-0.3, -0.25) is 9.69 Å². The van der Waals surface area contributed by atoms with E-state index in [1.807, 2.05) is 52.6 Å². The highest BCUT2D eigenvalue weighted by Gasteiger charge is 2.47. The van der Waals surface area contributed by atoms with Crippen LogP contribution in [0.15, 0.2) is 36.5 Å². The van der Waals surface area contributed by atoms with E-state index in [9.17, 15) is 9.59 Å². The van der Waals surface area contributed by atoms with E-state index in [0.717, 1.165) is 49.9 Å². The van der Waals surface area contributed by atoms with Gasteiger partial charge in [0, 0.05) is 37.9 Å². The number of alkyl carbamates (subject to hydrolysis) is 1. The molecule has 3 atom stereocenters. The first-order valence-corrected chi connectivity index (χ1v) is 21.4. The number of hydrogen-bond donors (Lipinski definition) is 2. The highest BCUT2D eigenvalue weighted by molar-refractivity contribution is 6.74. The molecule has 0 unspecified atom stereocenters. The van der Waals surface area contributed by atoms with Gasteiger partial charge in [-0.25, -0.2) is 9.78 Å². The van der Waals surface area contributed by atoms with E-state index in [0.29, 0.717) is 13.0 Å². The molecule has 274 valence electrons. The van der Waals surface area contributed by atoms with Crippen molar-refractivity contribution in [3.05, 3.63) is 53.6 Å². The Hall–Kier alpha value is -2.69. The fraction of sp³-hybridized carbons (Fsp3) is 0.718. The van der Waals surface area contributed by atoms with Crippen molar-refractivity contribution in [3.8, 4) is 0 Å². The van der Waals surface area contributed by atoms with Crippen LogP contribution in [0.5, 0.6) is 0 Å². The molecule has 0 radical (unpaired) electrons. The summed E-state index contributed by atoms with van der Waals surface area (Å²) in [6, 6.07) is 9.67. The van der Waals surface area contributed by atoms with Gasteiger partial charge in [-0.2, -0.15) is 0 Å². The fourth-order valence-corrected chi connectivity index (χ4v) is 7.65. The van der Waals surface area contributed by atoms with Gasteiger partial charge in [0.05, 0.1) is 12.1 Å². The lowest BCUT2D eigenvalue weighted by molar-refractivity contribution is -0.137. The molecule has 2 N–H and O–H groups in total. The second-order valence-electron chi connectivity index (χ2n) is 18.1. The van der Waals surface area contributed by atoms with Crippen molar-refractivity contribution in [1.82, 2.24) is 25.1 Å². The molecule has 10 heteroatoms. The van der Waals surface area contributed by atoms with Crippen LogP contribution in [0.2, 0.25) is 18.1 Å². The van der Waals surface area contributed by atoms with Crippen LogP contribution in [0.25, 0.3) is 0 Å². The molecule has 0 spiro atoms. The van der Waals surface area contributed by atoms with Crippen molar-refractivity contribution in [1.29, 1.82) is 0 Å². The Labute approximate surface area is 297 Å². The predicted octanol–water partition coefficient (Wildman–Crippen LogP) is 8.25. The quantitative estimate of drug-likeness (QED) is 0.153. The smallest absolute Gasteiger partial charge is 0.408 e. The van der Waals surface area contributed by atoms with Gasteiger partial charge in [0.1, 0.15) is 17.5 Å². The van der Waals surface area contributed by atoms with Crippen molar-refractivity contribution in [2.24, 2.45) is 11.3 Å². The van der Waals surface area contributed by atoms with Crippen molar-refractivity contribution in [3.63, 3.8) is 0 Å². The van der Waals surface area contributed by atoms with E-state index in [1.165, 1.54) is 24.8 Å². The first kappa shape index (κ1) is 39.1. The normalized spacial score (nSPS) is 19.7. The minimum Gasteiger partial charge on any atom is -0.444 e. The van der Waals surface area contributed by atoms with Gasteiger partial charge in [-0.05, 0) is 94.4 Å². The molecule has 0 bridgehead atoms. The van der Waals surface area contributed by atoms with E-state index in [-0.39, 0.29) is 23.1 Å². The predicted molar refractivity (Wildman–Crippen MR) is 200 cm³/mol. The number of likely N-dealkylation sites (tertiary alicyclic amines) is 1. The number of H-pyrrole nitrogens is 1. The van der Waals surface area contributed by atoms with Gasteiger partial charge in [-0.15, -0.1) is 0 Å². The van der Waals surface area contributed by atoms with Crippen LogP contribution < -0.4 is 5.32 Å². The fourth-order valence-electron chi connectivity index (χ4n) is 6.30. The summed E-state index contributed by atoms with van der Waals surface area (Å²) in [4.78, 5) is 40.5. The number of imidazole rings is 1. The lowest BCUT2D eigenvalue weighted by Gasteiger charge is -2.38. The maximum absolute atomic E-state index is 14.5. The summed E-state index contributed by atoms with van der Waals surface area (Å²) >= 11 is 0. The van der Waals surface area contributed by atoms with E-state index in [2.05, 4.69) is 79.4 Å². The van der Waals surface area contributed by atoms with Gasteiger partial charge in [0.2, 0.25) is 5.91 Å². The second-order valence-corrected chi connectivity index (χ2v) is 22.9. The van der Waals surface area contributed by atoms with Crippen molar-refractivity contribution in [2.75, 3.05) is 19.6 Å². The Bertz CT molecular complexity index is 1370. The first-order valence-electron chi connectivity index (χ1n) is 18.5. The van der Waals surface area contributed by atoms with E-state index in [4.69, 9.17) is 14.1 Å². The Morgan fingerprint density at radius 3 is 2.31 bits per heavy atom. The van der Waals surface area contributed by atoms with Crippen LogP contribution in [-0.4, -0.2) is 77.5 Å². The molecule has 1 aromatic heterocycles. The van der Waals surface area contributed by atoms with Crippen LogP contribution in [-0.2, 0) is 26.9 Å². The molecule has 1 saturated carbocycles. The van der Waals surface area contributed by atoms with Crippen molar-refractivity contribution in [2.45, 2.75) is 149 Å². The van der Waals surface area contributed by atoms with Gasteiger partial charge in [0.15, 0.2) is 8.32 Å². The van der Waals surface area contributed by atoms with Crippen LogP contribution in [0, 0.1) is 11.3 Å². The molecule has 1 aromatic carbocycles. The summed E-state index contributed by atoms with van der Waals surface area (Å²) in [6.07, 6.45) is 7.94. The van der Waals surface area contributed by atoms with Crippen LogP contribution >= 0.6 is 0 Å². The number of nitrogens with one attached hydrogen (secondary N) is 2. The third kappa shape index (κ3) is 11.7. The van der Waals surface area contributed by atoms with E-state index >= 15 is 0 Å². The number of carbonyl (C=O) groups is 2. The zero-order chi connectivity index (χ0) is 36.2. The lowest BCUT2D eigenvalue weighted by Crippen LogP contribution is -2.55. The first-order chi connectivity index (χ1) is 22.7. The molecule has 2 fully saturated rings. The number of aryl methyl sites for hydroxylation is 1. The summed E-state index contributed by atoms with van der Waals surface area (Å²) in [7, 11) is -2.11. The van der Waals surface area contributed by atoms with Crippen LogP contribution in [0.1, 0.15) is 118 Å². The number of aromatic amines is 1. The van der Waals surface area contributed by atoms with Gasteiger partial charge in [-0.1, -0.05) is 71.9 Å². The molecule has 49 heavy (non-hydrogen) atoms. The summed E-state index contributed by atoms with van der Waals surface area (Å²) in [5.74, 6) is 1.43. The molecule has 1 aliphatic heterocycles. The largest absolute Gasteiger partial charge is 0.444 e. The Kier molecular flexibility index (Phi) is 12.5. The van der Waals surface area contributed by atoms with Gasteiger partial charge in [0.25, 0.3) is 0 Å². The highest BCUT2D eigenvalue weighted by atomic mass is 28.4. The number of nitrogens with zero attached hydrogens (tertiary/aromatic N) is 3. The monoisotopic (exact) mass is 695 g/mol. The standard InChI is InChI=1S/C39H65N5O4Si/c1-37(2,3)33(42-36(46)47-38(4,5)6)35(45)44-27-31(48-49(10,11)39(7,8)9)23-32(44)34-40-24-30(41-34)26-43(25-29-20-21-29)22-16-15-19-28-17-13-12-14-18-28/h12-14,17-18,24,29,31-33H,15-16,19-23,25-27H2,1-11H3,(H,40,41)(H,42,46)/t31-,32+,33-/m1/s1. The van der Waals surface area contributed by atoms with Crippen LogP contribution in [0.3, 0.4) is 0 Å². The minimum absolute atomic E-state index is 0.0378. The third-order valence-corrected chi connectivity index (χ3v) is 14.7. The Balaban J connectivity index is 1.52. The zero-order valence-corrected chi connectivity index (χ0v) is 33.3. The third-order valence-electron chi connectivity index (χ3n) is 10.2. The minimum atomic E-state index is -2.11.